The highest BCUT2D eigenvalue weighted by atomic mass is 79.9. The van der Waals surface area contributed by atoms with Crippen molar-refractivity contribution in [1.29, 1.82) is 0 Å². The van der Waals surface area contributed by atoms with Crippen molar-refractivity contribution < 1.29 is 31.5 Å². The van der Waals surface area contributed by atoms with E-state index >= 15 is 0 Å². The van der Waals surface area contributed by atoms with E-state index in [9.17, 15) is 26.7 Å². The number of Topliss-reactive ketones (excluding diaryl/α,β-unsaturated/α-hetero) is 1. The second-order valence-electron chi connectivity index (χ2n) is 3.23. The Morgan fingerprint density at radius 1 is 1.33 bits per heavy atom. The number of rotatable bonds is 3. The van der Waals surface area contributed by atoms with Crippen LogP contribution in [0, 0.1) is 0 Å². The SMILES string of the molecule is CC(=O)c1c(OC(F)F)ccc(C(F)(F)F)c1Br. The molecule has 100 valence electrons. The van der Waals surface area contributed by atoms with Crippen LogP contribution in [0.3, 0.4) is 0 Å². The van der Waals surface area contributed by atoms with E-state index < -0.39 is 39.9 Å². The third-order valence-electron chi connectivity index (χ3n) is 1.98. The monoisotopic (exact) mass is 332 g/mol. The third-order valence-corrected chi connectivity index (χ3v) is 2.80. The Morgan fingerprint density at radius 3 is 2.28 bits per heavy atom. The molecule has 0 N–H and O–H groups in total. The number of ketones is 1. The molecule has 0 heterocycles. The summed E-state index contributed by atoms with van der Waals surface area (Å²) in [5.41, 5.74) is -1.69. The zero-order valence-corrected chi connectivity index (χ0v) is 10.4. The highest BCUT2D eigenvalue weighted by molar-refractivity contribution is 9.10. The van der Waals surface area contributed by atoms with Crippen LogP contribution in [0.4, 0.5) is 22.0 Å². The first-order valence-electron chi connectivity index (χ1n) is 4.50. The summed E-state index contributed by atoms with van der Waals surface area (Å²) in [4.78, 5) is 11.2. The number of hydrogen-bond acceptors (Lipinski definition) is 2. The fraction of sp³-hybridized carbons (Fsp3) is 0.300. The van der Waals surface area contributed by atoms with Gasteiger partial charge in [-0.2, -0.15) is 22.0 Å². The Bertz CT molecular complexity index is 470. The van der Waals surface area contributed by atoms with Crippen molar-refractivity contribution >= 4 is 21.7 Å². The van der Waals surface area contributed by atoms with Crippen LogP contribution in [-0.4, -0.2) is 12.4 Å². The predicted octanol–water partition coefficient (Wildman–Crippen LogP) is 4.27. The summed E-state index contributed by atoms with van der Waals surface area (Å²) in [5.74, 6) is -1.42. The molecule has 0 fully saturated rings. The Labute approximate surface area is 107 Å². The van der Waals surface area contributed by atoms with Crippen LogP contribution in [0.25, 0.3) is 0 Å². The van der Waals surface area contributed by atoms with Gasteiger partial charge < -0.3 is 4.74 Å². The van der Waals surface area contributed by atoms with Crippen LogP contribution in [0.5, 0.6) is 5.75 Å². The molecule has 1 rings (SSSR count). The van der Waals surface area contributed by atoms with Crippen LogP contribution in [0.2, 0.25) is 0 Å². The molecular weight excluding hydrogens is 327 g/mol. The molecule has 18 heavy (non-hydrogen) atoms. The first-order valence-corrected chi connectivity index (χ1v) is 5.29. The van der Waals surface area contributed by atoms with Crippen LogP contribution >= 0.6 is 15.9 Å². The van der Waals surface area contributed by atoms with Crippen LogP contribution in [0.1, 0.15) is 22.8 Å². The molecular formula is C10H6BrF5O2. The molecule has 0 aromatic heterocycles. The molecule has 8 heteroatoms. The number of alkyl halides is 5. The lowest BCUT2D eigenvalue weighted by atomic mass is 10.1. The zero-order chi connectivity index (χ0) is 14.1. The summed E-state index contributed by atoms with van der Waals surface area (Å²) >= 11 is 2.59. The Hall–Kier alpha value is -1.18. The van der Waals surface area contributed by atoms with Gasteiger partial charge in [-0.1, -0.05) is 0 Å². The second kappa shape index (κ2) is 5.21. The van der Waals surface area contributed by atoms with Gasteiger partial charge in [0.15, 0.2) is 5.78 Å². The van der Waals surface area contributed by atoms with Gasteiger partial charge >= 0.3 is 12.8 Å². The Morgan fingerprint density at radius 2 is 1.89 bits per heavy atom. The number of ether oxygens (including phenoxy) is 1. The maximum atomic E-state index is 12.6. The Kier molecular flexibility index (Phi) is 4.31. The average Bonchev–Trinajstić information content (AvgIpc) is 2.13. The normalized spacial score (nSPS) is 11.8. The van der Waals surface area contributed by atoms with Crippen molar-refractivity contribution in [3.63, 3.8) is 0 Å². The molecule has 0 saturated carbocycles. The number of benzene rings is 1. The molecule has 0 amide bonds. The minimum Gasteiger partial charge on any atom is -0.434 e. The van der Waals surface area contributed by atoms with Crippen molar-refractivity contribution in [2.75, 3.05) is 0 Å². The van der Waals surface area contributed by atoms with Gasteiger partial charge in [-0.25, -0.2) is 0 Å². The number of carbonyl (C=O) groups is 1. The van der Waals surface area contributed by atoms with Crippen molar-refractivity contribution in [3.05, 3.63) is 27.7 Å². The standard InChI is InChI=1S/C10H6BrF5O2/c1-4(17)7-6(18-9(12)13)3-2-5(8(7)11)10(14,15)16/h2-3,9H,1H3. The van der Waals surface area contributed by atoms with Crippen molar-refractivity contribution in [1.82, 2.24) is 0 Å². The molecule has 0 radical (unpaired) electrons. The molecule has 0 saturated heterocycles. The first-order chi connectivity index (χ1) is 8.14. The van der Waals surface area contributed by atoms with E-state index in [0.29, 0.717) is 12.1 Å². The van der Waals surface area contributed by atoms with E-state index in [2.05, 4.69) is 20.7 Å². The maximum Gasteiger partial charge on any atom is 0.417 e. The van der Waals surface area contributed by atoms with Crippen LogP contribution in [-0.2, 0) is 6.18 Å². The quantitative estimate of drug-likeness (QED) is 0.610. The molecule has 2 nitrogen and oxygen atoms in total. The number of carbonyl (C=O) groups excluding carboxylic acids is 1. The van der Waals surface area contributed by atoms with Gasteiger partial charge in [0.1, 0.15) is 5.75 Å². The van der Waals surface area contributed by atoms with Gasteiger partial charge in [0.2, 0.25) is 0 Å². The molecule has 0 spiro atoms. The average molecular weight is 333 g/mol. The topological polar surface area (TPSA) is 26.3 Å². The molecule has 0 unspecified atom stereocenters. The largest absolute Gasteiger partial charge is 0.434 e. The zero-order valence-electron chi connectivity index (χ0n) is 8.82. The third kappa shape index (κ3) is 3.18. The molecule has 1 aromatic rings. The molecule has 0 aliphatic carbocycles. The van der Waals surface area contributed by atoms with Gasteiger partial charge in [0.05, 0.1) is 11.1 Å². The van der Waals surface area contributed by atoms with Gasteiger partial charge in [-0.3, -0.25) is 4.79 Å². The summed E-state index contributed by atoms with van der Waals surface area (Å²) in [7, 11) is 0. The van der Waals surface area contributed by atoms with Crippen molar-refractivity contribution in [2.45, 2.75) is 19.7 Å². The summed E-state index contributed by atoms with van der Waals surface area (Å²) in [5, 5.41) is 0. The second-order valence-corrected chi connectivity index (χ2v) is 4.03. The van der Waals surface area contributed by atoms with E-state index in [1.54, 1.807) is 0 Å². The lowest BCUT2D eigenvalue weighted by Crippen LogP contribution is -2.12. The first kappa shape index (κ1) is 14.9. The fourth-order valence-corrected chi connectivity index (χ4v) is 2.13. The molecule has 1 aromatic carbocycles. The van der Waals surface area contributed by atoms with Crippen LogP contribution in [0.15, 0.2) is 16.6 Å². The van der Waals surface area contributed by atoms with E-state index in [1.165, 1.54) is 0 Å². The van der Waals surface area contributed by atoms with E-state index in [4.69, 9.17) is 0 Å². The van der Waals surface area contributed by atoms with E-state index in [1.807, 2.05) is 0 Å². The maximum absolute atomic E-state index is 12.6. The molecule has 0 bridgehead atoms. The number of hydrogen-bond donors (Lipinski definition) is 0. The van der Waals surface area contributed by atoms with Gasteiger partial charge in [0.25, 0.3) is 0 Å². The number of halogens is 6. The van der Waals surface area contributed by atoms with Gasteiger partial charge in [0, 0.05) is 4.47 Å². The smallest absolute Gasteiger partial charge is 0.417 e. The highest BCUT2D eigenvalue weighted by Crippen LogP contribution is 2.40. The van der Waals surface area contributed by atoms with E-state index in [-0.39, 0.29) is 0 Å². The lowest BCUT2D eigenvalue weighted by Gasteiger charge is -2.15. The lowest BCUT2D eigenvalue weighted by molar-refractivity contribution is -0.138. The Balaban J connectivity index is 3.43. The minimum absolute atomic E-state index is 0.564. The van der Waals surface area contributed by atoms with Crippen molar-refractivity contribution in [3.8, 4) is 5.75 Å². The molecule has 0 aliphatic rings. The predicted molar refractivity (Wildman–Crippen MR) is 55.8 cm³/mol. The fourth-order valence-electron chi connectivity index (χ4n) is 1.30. The summed E-state index contributed by atoms with van der Waals surface area (Å²) in [6, 6.07) is 1.25. The van der Waals surface area contributed by atoms with E-state index in [0.717, 1.165) is 6.92 Å². The summed E-state index contributed by atoms with van der Waals surface area (Å²) in [6.07, 6.45) is -4.70. The minimum atomic E-state index is -4.70. The van der Waals surface area contributed by atoms with Gasteiger partial charge in [-0.05, 0) is 35.0 Å². The molecule has 0 aliphatic heterocycles. The summed E-state index contributed by atoms with van der Waals surface area (Å²) < 4.78 is 65.2. The van der Waals surface area contributed by atoms with Gasteiger partial charge in [-0.15, -0.1) is 0 Å². The summed E-state index contributed by atoms with van der Waals surface area (Å²) in [6.45, 7) is -2.27. The molecule has 0 atom stereocenters. The van der Waals surface area contributed by atoms with Crippen molar-refractivity contribution in [2.24, 2.45) is 0 Å². The highest BCUT2D eigenvalue weighted by Gasteiger charge is 2.35. The van der Waals surface area contributed by atoms with Crippen LogP contribution < -0.4 is 4.74 Å².